The fourth-order valence-electron chi connectivity index (χ4n) is 4.86. The Morgan fingerprint density at radius 3 is 2.74 bits per heavy atom. The smallest absolute Gasteiger partial charge is 0.256 e. The number of halogens is 1. The zero-order valence-corrected chi connectivity index (χ0v) is 20.0. The van der Waals surface area contributed by atoms with Gasteiger partial charge in [0.05, 0.1) is 24.5 Å². The van der Waals surface area contributed by atoms with Gasteiger partial charge in [0.25, 0.3) is 5.91 Å². The quantitative estimate of drug-likeness (QED) is 0.504. The van der Waals surface area contributed by atoms with Crippen LogP contribution in [0.1, 0.15) is 45.4 Å². The third kappa shape index (κ3) is 3.99. The van der Waals surface area contributed by atoms with Gasteiger partial charge in [-0.25, -0.2) is 4.98 Å². The van der Waals surface area contributed by atoms with Crippen LogP contribution < -0.4 is 0 Å². The van der Waals surface area contributed by atoms with E-state index in [0.717, 1.165) is 40.1 Å². The molecule has 2 aliphatic rings. The lowest BCUT2D eigenvalue weighted by atomic mass is 9.85. The van der Waals surface area contributed by atoms with Crippen LogP contribution in [0.15, 0.2) is 24.3 Å². The summed E-state index contributed by atoms with van der Waals surface area (Å²) in [4.78, 5) is 23.2. The van der Waals surface area contributed by atoms with E-state index in [1.807, 2.05) is 23.2 Å². The van der Waals surface area contributed by atoms with Crippen LogP contribution in [0.4, 0.5) is 0 Å². The van der Waals surface area contributed by atoms with Crippen molar-refractivity contribution in [3.8, 4) is 11.1 Å². The van der Waals surface area contributed by atoms with Gasteiger partial charge in [-0.15, -0.1) is 23.7 Å². The molecule has 4 nitrogen and oxygen atoms in total. The molecule has 31 heavy (non-hydrogen) atoms. The number of aromatic nitrogens is 1. The fourth-order valence-corrected chi connectivity index (χ4v) is 6.30. The molecule has 1 atom stereocenters. The Morgan fingerprint density at radius 2 is 2.00 bits per heavy atom. The molecule has 1 aliphatic carbocycles. The van der Waals surface area contributed by atoms with Gasteiger partial charge in [-0.1, -0.05) is 36.8 Å². The first-order chi connectivity index (χ1) is 14.5. The third-order valence-electron chi connectivity index (χ3n) is 6.44. The number of hydrogen-bond donors (Lipinski definition) is 0. The molecule has 1 aliphatic heterocycles. The van der Waals surface area contributed by atoms with Crippen LogP contribution in [0.2, 0.25) is 0 Å². The van der Waals surface area contributed by atoms with Crippen molar-refractivity contribution in [1.29, 1.82) is 0 Å². The highest BCUT2D eigenvalue weighted by atomic mass is 35.5. The Morgan fingerprint density at radius 1 is 1.23 bits per heavy atom. The van der Waals surface area contributed by atoms with Crippen molar-refractivity contribution in [3.05, 3.63) is 51.5 Å². The molecule has 1 unspecified atom stereocenters. The van der Waals surface area contributed by atoms with E-state index in [0.29, 0.717) is 32.2 Å². The van der Waals surface area contributed by atoms with Crippen molar-refractivity contribution >= 4 is 39.9 Å². The molecule has 0 bridgehead atoms. The van der Waals surface area contributed by atoms with Crippen LogP contribution in [-0.4, -0.2) is 42.1 Å². The number of rotatable bonds is 2. The van der Waals surface area contributed by atoms with E-state index in [2.05, 4.69) is 38.1 Å². The summed E-state index contributed by atoms with van der Waals surface area (Å²) in [6.45, 7) is 8.93. The zero-order valence-electron chi connectivity index (χ0n) is 18.4. The zero-order chi connectivity index (χ0) is 20.8. The number of nitrogens with zero attached hydrogens (tertiary/aromatic N) is 2. The standard InChI is InChI=1S/C25H28N2O2S.ClH/c1-15-5-4-6-18(13-15)22-21(25(28)27-9-11-29-12-10-27)17(3)26-24-23(22)19-8-7-16(2)14-20(19)30-24;/h4-6,13,16H,7-12,14H2,1-3H3;1H. The van der Waals surface area contributed by atoms with Crippen molar-refractivity contribution in [3.63, 3.8) is 0 Å². The van der Waals surface area contributed by atoms with Crippen LogP contribution in [0.3, 0.4) is 0 Å². The lowest BCUT2D eigenvalue weighted by molar-refractivity contribution is 0.0302. The summed E-state index contributed by atoms with van der Waals surface area (Å²) in [6, 6.07) is 8.56. The highest BCUT2D eigenvalue weighted by Crippen LogP contribution is 2.44. The number of amides is 1. The summed E-state index contributed by atoms with van der Waals surface area (Å²) >= 11 is 1.83. The Balaban J connectivity index is 0.00000231. The average molecular weight is 457 g/mol. The number of thiophene rings is 1. The van der Waals surface area contributed by atoms with Crippen molar-refractivity contribution in [2.45, 2.75) is 40.0 Å². The second kappa shape index (κ2) is 8.89. The van der Waals surface area contributed by atoms with Crippen LogP contribution >= 0.6 is 23.7 Å². The highest BCUT2D eigenvalue weighted by molar-refractivity contribution is 7.19. The number of carbonyl (C=O) groups excluding carboxylic acids is 1. The van der Waals surface area contributed by atoms with Gasteiger partial charge in [0.2, 0.25) is 0 Å². The summed E-state index contributed by atoms with van der Waals surface area (Å²) in [5, 5.41) is 1.22. The van der Waals surface area contributed by atoms with Crippen LogP contribution in [-0.2, 0) is 17.6 Å². The molecule has 3 aromatic rings. The Hall–Kier alpha value is -1.95. The highest BCUT2D eigenvalue weighted by Gasteiger charge is 2.30. The Bertz CT molecular complexity index is 1130. The van der Waals surface area contributed by atoms with E-state index < -0.39 is 0 Å². The van der Waals surface area contributed by atoms with Crippen LogP contribution in [0, 0.1) is 19.8 Å². The normalized spacial score (nSPS) is 18.5. The molecular formula is C25H29ClN2O2S. The largest absolute Gasteiger partial charge is 0.378 e. The van der Waals surface area contributed by atoms with E-state index in [1.165, 1.54) is 27.8 Å². The van der Waals surface area contributed by atoms with Crippen molar-refractivity contribution < 1.29 is 9.53 Å². The summed E-state index contributed by atoms with van der Waals surface area (Å²) in [7, 11) is 0. The van der Waals surface area contributed by atoms with Crippen molar-refractivity contribution in [2.24, 2.45) is 5.92 Å². The van der Waals surface area contributed by atoms with Crippen molar-refractivity contribution in [1.82, 2.24) is 9.88 Å². The minimum absolute atomic E-state index is 0. The van der Waals surface area contributed by atoms with Gasteiger partial charge in [-0.2, -0.15) is 0 Å². The van der Waals surface area contributed by atoms with Crippen molar-refractivity contribution in [2.75, 3.05) is 26.3 Å². The molecule has 2 aromatic heterocycles. The lowest BCUT2D eigenvalue weighted by Gasteiger charge is -2.28. The summed E-state index contributed by atoms with van der Waals surface area (Å²) in [5.74, 6) is 0.800. The first kappa shape index (κ1) is 22.3. The van der Waals surface area contributed by atoms with E-state index in [-0.39, 0.29) is 18.3 Å². The maximum absolute atomic E-state index is 13.7. The second-order valence-corrected chi connectivity index (χ2v) is 9.84. The van der Waals surface area contributed by atoms with E-state index in [9.17, 15) is 4.79 Å². The second-order valence-electron chi connectivity index (χ2n) is 8.75. The number of ether oxygens (including phenoxy) is 1. The molecule has 3 heterocycles. The number of fused-ring (bicyclic) bond motifs is 3. The molecule has 1 saturated heterocycles. The van der Waals surface area contributed by atoms with Gasteiger partial charge < -0.3 is 9.64 Å². The fraction of sp³-hybridized carbons (Fsp3) is 0.440. The predicted octanol–water partition coefficient (Wildman–Crippen LogP) is 5.60. The van der Waals surface area contributed by atoms with E-state index in [4.69, 9.17) is 9.72 Å². The van der Waals surface area contributed by atoms with Gasteiger partial charge >= 0.3 is 0 Å². The first-order valence-corrected chi connectivity index (χ1v) is 11.7. The van der Waals surface area contributed by atoms with Gasteiger partial charge in [0.1, 0.15) is 4.83 Å². The topological polar surface area (TPSA) is 42.4 Å². The molecule has 0 saturated carbocycles. The summed E-state index contributed by atoms with van der Waals surface area (Å²) in [5.41, 5.74) is 6.45. The van der Waals surface area contributed by atoms with E-state index >= 15 is 0 Å². The molecule has 1 amide bonds. The summed E-state index contributed by atoms with van der Waals surface area (Å²) < 4.78 is 5.48. The number of aryl methyl sites for hydroxylation is 3. The monoisotopic (exact) mass is 456 g/mol. The molecule has 164 valence electrons. The molecule has 1 fully saturated rings. The van der Waals surface area contributed by atoms with Gasteiger partial charge in [0.15, 0.2) is 0 Å². The molecule has 0 spiro atoms. The number of benzene rings is 1. The first-order valence-electron chi connectivity index (χ1n) is 10.9. The third-order valence-corrected chi connectivity index (χ3v) is 7.59. The van der Waals surface area contributed by atoms with Crippen LogP contribution in [0.25, 0.3) is 21.3 Å². The van der Waals surface area contributed by atoms with E-state index in [1.54, 1.807) is 0 Å². The number of carbonyl (C=O) groups is 1. The minimum Gasteiger partial charge on any atom is -0.378 e. The maximum Gasteiger partial charge on any atom is 0.256 e. The summed E-state index contributed by atoms with van der Waals surface area (Å²) in [6.07, 6.45) is 3.40. The van der Waals surface area contributed by atoms with Crippen LogP contribution in [0.5, 0.6) is 0 Å². The number of morpholine rings is 1. The van der Waals surface area contributed by atoms with Gasteiger partial charge in [0, 0.05) is 28.9 Å². The Kier molecular flexibility index (Phi) is 6.38. The van der Waals surface area contributed by atoms with Gasteiger partial charge in [-0.05, 0) is 50.2 Å². The molecule has 1 aromatic carbocycles. The molecule has 6 heteroatoms. The molecule has 0 radical (unpaired) electrons. The Labute approximate surface area is 194 Å². The maximum atomic E-state index is 13.7. The molecule has 0 N–H and O–H groups in total. The van der Waals surface area contributed by atoms with Gasteiger partial charge in [-0.3, -0.25) is 4.79 Å². The molecular weight excluding hydrogens is 428 g/mol. The minimum atomic E-state index is 0. The number of pyridine rings is 1. The average Bonchev–Trinajstić information content (AvgIpc) is 3.09. The predicted molar refractivity (Wildman–Crippen MR) is 130 cm³/mol. The molecule has 5 rings (SSSR count). The SMILES string of the molecule is Cc1cccc(-c2c(C(=O)N3CCOCC3)c(C)nc3sc4c(c23)CCC(C)C4)c1.Cl. The lowest BCUT2D eigenvalue weighted by Crippen LogP contribution is -2.41. The number of hydrogen-bond acceptors (Lipinski definition) is 4.